The molecular formula is C35H35FN2O4. The van der Waals surface area contributed by atoms with E-state index in [1.807, 2.05) is 12.1 Å². The lowest BCUT2D eigenvalue weighted by molar-refractivity contribution is -0.137. The number of furan rings is 1. The molecular weight excluding hydrogens is 531 g/mol. The van der Waals surface area contributed by atoms with Crippen molar-refractivity contribution in [2.75, 3.05) is 6.54 Å². The lowest BCUT2D eigenvalue weighted by Crippen LogP contribution is -2.43. The van der Waals surface area contributed by atoms with E-state index in [-0.39, 0.29) is 48.5 Å². The van der Waals surface area contributed by atoms with Crippen LogP contribution in [-0.4, -0.2) is 23.3 Å². The summed E-state index contributed by atoms with van der Waals surface area (Å²) in [7, 11) is 0. The SMILES string of the molecule is Cc1cccc([C@H]2c3cc(OCc4ccc(C(=O)NCc5cccc(F)c5)o4)ccc3CCN2C(=O)C2CCCC2)c1. The molecule has 1 aliphatic carbocycles. The second-order valence-electron chi connectivity index (χ2n) is 11.3. The van der Waals surface area contributed by atoms with Gasteiger partial charge in [0, 0.05) is 19.0 Å². The van der Waals surface area contributed by atoms with Crippen LogP contribution in [0, 0.1) is 18.7 Å². The molecule has 2 amide bonds. The van der Waals surface area contributed by atoms with Gasteiger partial charge in [0.1, 0.15) is 23.9 Å². The number of aryl methyl sites for hydroxylation is 1. The molecule has 6 rings (SSSR count). The van der Waals surface area contributed by atoms with Gasteiger partial charge in [0.05, 0.1) is 6.04 Å². The summed E-state index contributed by atoms with van der Waals surface area (Å²) in [5.74, 6) is 0.988. The monoisotopic (exact) mass is 566 g/mol. The highest BCUT2D eigenvalue weighted by molar-refractivity contribution is 5.91. The molecule has 3 aromatic carbocycles. The zero-order chi connectivity index (χ0) is 29.1. The number of carbonyl (C=O) groups is 2. The third-order valence-electron chi connectivity index (χ3n) is 8.30. The van der Waals surface area contributed by atoms with E-state index in [4.69, 9.17) is 9.15 Å². The van der Waals surface area contributed by atoms with Gasteiger partial charge >= 0.3 is 0 Å². The number of amides is 2. The molecule has 0 bridgehead atoms. The number of nitrogens with zero attached hydrogens (tertiary/aromatic N) is 1. The van der Waals surface area contributed by atoms with Crippen LogP contribution in [0.4, 0.5) is 4.39 Å². The summed E-state index contributed by atoms with van der Waals surface area (Å²) >= 11 is 0. The molecule has 216 valence electrons. The highest BCUT2D eigenvalue weighted by Crippen LogP contribution is 2.40. The lowest BCUT2D eigenvalue weighted by Gasteiger charge is -2.39. The maximum atomic E-state index is 13.7. The Labute approximate surface area is 245 Å². The molecule has 2 heterocycles. The zero-order valence-electron chi connectivity index (χ0n) is 23.8. The number of rotatable bonds is 8. The van der Waals surface area contributed by atoms with Crippen LogP contribution in [0.3, 0.4) is 0 Å². The van der Waals surface area contributed by atoms with Crippen LogP contribution in [-0.2, 0) is 24.4 Å². The average Bonchev–Trinajstić information content (AvgIpc) is 3.71. The van der Waals surface area contributed by atoms with E-state index >= 15 is 0 Å². The van der Waals surface area contributed by atoms with Gasteiger partial charge in [-0.1, -0.05) is 60.9 Å². The summed E-state index contributed by atoms with van der Waals surface area (Å²) in [5, 5.41) is 2.75. The van der Waals surface area contributed by atoms with Crippen molar-refractivity contribution in [2.45, 2.75) is 58.2 Å². The minimum Gasteiger partial charge on any atom is -0.486 e. The molecule has 1 saturated carbocycles. The summed E-state index contributed by atoms with van der Waals surface area (Å²) in [6.07, 6.45) is 5.00. The third kappa shape index (κ3) is 6.10. The van der Waals surface area contributed by atoms with Gasteiger partial charge in [0.25, 0.3) is 5.91 Å². The van der Waals surface area contributed by atoms with Gasteiger partial charge in [-0.25, -0.2) is 4.39 Å². The van der Waals surface area contributed by atoms with Crippen molar-refractivity contribution >= 4 is 11.8 Å². The molecule has 1 aliphatic heterocycles. The molecule has 2 aliphatic rings. The van der Waals surface area contributed by atoms with E-state index in [0.717, 1.165) is 48.8 Å². The molecule has 0 saturated heterocycles. The largest absolute Gasteiger partial charge is 0.486 e. The summed E-state index contributed by atoms with van der Waals surface area (Å²) < 4.78 is 25.3. The molecule has 0 radical (unpaired) electrons. The number of nitrogens with one attached hydrogen (secondary N) is 1. The summed E-state index contributed by atoms with van der Waals surface area (Å²) in [4.78, 5) is 28.3. The van der Waals surface area contributed by atoms with Crippen molar-refractivity contribution in [3.63, 3.8) is 0 Å². The van der Waals surface area contributed by atoms with Gasteiger partial charge in [-0.05, 0) is 84.8 Å². The molecule has 1 aromatic heterocycles. The average molecular weight is 567 g/mol. The minimum atomic E-state index is -0.382. The molecule has 0 spiro atoms. The second-order valence-corrected chi connectivity index (χ2v) is 11.3. The minimum absolute atomic E-state index is 0.109. The standard InChI is InChI=1S/C35H35FN2O4/c1-23-6-4-10-27(18-23)33-31-20-29(13-12-25(31)16-17-38(33)35(40)26-8-2-3-9-26)41-22-30-14-15-32(42-30)34(39)37-21-24-7-5-11-28(36)19-24/h4-7,10-15,18-20,26,33H,2-3,8-9,16-17,21-22H2,1H3,(H,37,39)/t33-/m0/s1. The Kier molecular flexibility index (Phi) is 8.08. The number of halogens is 1. The molecule has 4 aromatic rings. The van der Waals surface area contributed by atoms with Crippen molar-refractivity contribution in [3.05, 3.63) is 124 Å². The predicted molar refractivity (Wildman–Crippen MR) is 157 cm³/mol. The van der Waals surface area contributed by atoms with Crippen LogP contribution in [0.25, 0.3) is 0 Å². The van der Waals surface area contributed by atoms with Gasteiger partial charge in [0.2, 0.25) is 5.91 Å². The van der Waals surface area contributed by atoms with Crippen LogP contribution in [0.15, 0.2) is 83.3 Å². The fraction of sp³-hybridized carbons (Fsp3) is 0.314. The Morgan fingerprint density at radius 2 is 1.83 bits per heavy atom. The van der Waals surface area contributed by atoms with E-state index in [1.54, 1.807) is 24.3 Å². The fourth-order valence-corrected chi connectivity index (χ4v) is 6.18. The first kappa shape index (κ1) is 27.8. The van der Waals surface area contributed by atoms with Crippen molar-refractivity contribution in [1.29, 1.82) is 0 Å². The number of hydrogen-bond donors (Lipinski definition) is 1. The Hall–Kier alpha value is -4.39. The van der Waals surface area contributed by atoms with Gasteiger partial charge < -0.3 is 19.4 Å². The highest BCUT2D eigenvalue weighted by atomic mass is 19.1. The Balaban J connectivity index is 1.17. The molecule has 6 nitrogen and oxygen atoms in total. The van der Waals surface area contributed by atoms with Crippen LogP contribution >= 0.6 is 0 Å². The van der Waals surface area contributed by atoms with Crippen LogP contribution < -0.4 is 10.1 Å². The number of benzene rings is 3. The first-order valence-corrected chi connectivity index (χ1v) is 14.7. The predicted octanol–water partition coefficient (Wildman–Crippen LogP) is 6.90. The third-order valence-corrected chi connectivity index (χ3v) is 8.30. The van der Waals surface area contributed by atoms with Gasteiger partial charge in [-0.3, -0.25) is 9.59 Å². The first-order valence-electron chi connectivity index (χ1n) is 14.7. The lowest BCUT2D eigenvalue weighted by atomic mass is 9.86. The zero-order valence-corrected chi connectivity index (χ0v) is 23.8. The van der Waals surface area contributed by atoms with Crippen LogP contribution in [0.1, 0.15) is 75.9 Å². The Morgan fingerprint density at radius 3 is 2.64 bits per heavy atom. The van der Waals surface area contributed by atoms with Crippen LogP contribution in [0.2, 0.25) is 0 Å². The first-order chi connectivity index (χ1) is 20.4. The number of carbonyl (C=O) groups excluding carboxylic acids is 2. The number of hydrogen-bond acceptors (Lipinski definition) is 4. The molecule has 42 heavy (non-hydrogen) atoms. The number of ether oxygens (including phenoxy) is 1. The smallest absolute Gasteiger partial charge is 0.287 e. The van der Waals surface area contributed by atoms with E-state index in [1.165, 1.54) is 17.7 Å². The van der Waals surface area contributed by atoms with E-state index in [0.29, 0.717) is 23.6 Å². The Bertz CT molecular complexity index is 1590. The van der Waals surface area contributed by atoms with Gasteiger partial charge in [-0.15, -0.1) is 0 Å². The van der Waals surface area contributed by atoms with Crippen LogP contribution in [0.5, 0.6) is 5.75 Å². The fourth-order valence-electron chi connectivity index (χ4n) is 6.18. The van der Waals surface area contributed by atoms with Crippen molar-refractivity contribution < 1.29 is 23.1 Å². The maximum absolute atomic E-state index is 13.7. The van der Waals surface area contributed by atoms with Gasteiger partial charge in [0.15, 0.2) is 5.76 Å². The normalized spacial score (nSPS) is 16.7. The molecule has 0 unspecified atom stereocenters. The van der Waals surface area contributed by atoms with E-state index < -0.39 is 0 Å². The van der Waals surface area contributed by atoms with Crippen molar-refractivity contribution in [1.82, 2.24) is 10.2 Å². The van der Waals surface area contributed by atoms with Crippen molar-refractivity contribution in [2.24, 2.45) is 5.92 Å². The summed E-state index contributed by atoms with van der Waals surface area (Å²) in [5.41, 5.74) is 5.25. The molecule has 1 atom stereocenters. The van der Waals surface area contributed by atoms with Gasteiger partial charge in [-0.2, -0.15) is 0 Å². The quantitative estimate of drug-likeness (QED) is 0.252. The molecule has 1 fully saturated rings. The highest BCUT2D eigenvalue weighted by Gasteiger charge is 2.36. The summed E-state index contributed by atoms with van der Waals surface area (Å²) in [6, 6.07) is 23.8. The topological polar surface area (TPSA) is 71.8 Å². The van der Waals surface area contributed by atoms with Crippen molar-refractivity contribution in [3.8, 4) is 5.75 Å². The maximum Gasteiger partial charge on any atom is 0.287 e. The Morgan fingerprint density at radius 1 is 1.00 bits per heavy atom. The van der Waals surface area contributed by atoms with E-state index in [2.05, 4.69) is 47.5 Å². The molecule has 1 N–H and O–H groups in total. The molecule has 7 heteroatoms. The number of fused-ring (bicyclic) bond motifs is 1. The second kappa shape index (κ2) is 12.2. The van der Waals surface area contributed by atoms with E-state index in [9.17, 15) is 14.0 Å². The summed E-state index contributed by atoms with van der Waals surface area (Å²) in [6.45, 7) is 3.13.